The first-order valence-electron chi connectivity index (χ1n) is 7.58. The molecule has 2 aliphatic rings. The molecule has 2 aliphatic heterocycles. The molecule has 0 bridgehead atoms. The Labute approximate surface area is 131 Å². The van der Waals surface area contributed by atoms with E-state index >= 15 is 0 Å². The fourth-order valence-electron chi connectivity index (χ4n) is 3.31. The van der Waals surface area contributed by atoms with E-state index in [0.717, 1.165) is 44.3 Å². The van der Waals surface area contributed by atoms with Crippen LogP contribution in [0.1, 0.15) is 6.42 Å². The van der Waals surface area contributed by atoms with Gasteiger partial charge in [0.2, 0.25) is 5.91 Å². The highest BCUT2D eigenvalue weighted by molar-refractivity contribution is 6.30. The molecule has 1 aromatic carbocycles. The lowest BCUT2D eigenvalue weighted by atomic mass is 10.1. The van der Waals surface area contributed by atoms with Crippen molar-refractivity contribution >= 4 is 23.2 Å². The van der Waals surface area contributed by atoms with Gasteiger partial charge in [0.15, 0.2) is 0 Å². The topological polar surface area (TPSA) is 26.8 Å². The second-order valence-electron chi connectivity index (χ2n) is 6.11. The van der Waals surface area contributed by atoms with Crippen LogP contribution in [0.5, 0.6) is 0 Å². The summed E-state index contributed by atoms with van der Waals surface area (Å²) in [5, 5.41) is 0.794. The maximum atomic E-state index is 11.6. The van der Waals surface area contributed by atoms with E-state index in [4.69, 9.17) is 11.6 Å². The monoisotopic (exact) mass is 307 g/mol. The molecular formula is C16H22ClN3O. The molecule has 0 saturated carbocycles. The third-order valence-corrected chi connectivity index (χ3v) is 4.72. The number of benzene rings is 1. The van der Waals surface area contributed by atoms with Crippen LogP contribution in [0.25, 0.3) is 0 Å². The minimum Gasteiger partial charge on any atom is -0.369 e. The van der Waals surface area contributed by atoms with Crippen LogP contribution in [-0.4, -0.2) is 62.0 Å². The summed E-state index contributed by atoms with van der Waals surface area (Å²) in [7, 11) is 1.90. The standard InChI is InChI=1S/C16H22ClN3O/c1-18-11-13(9-16(18)21)12-19-5-7-20(8-6-19)15-4-2-3-14(17)10-15/h2-4,10,13H,5-9,11-12H2,1H3. The zero-order chi connectivity index (χ0) is 14.8. The third-order valence-electron chi connectivity index (χ3n) is 4.48. The number of hydrogen-bond acceptors (Lipinski definition) is 3. The smallest absolute Gasteiger partial charge is 0.222 e. The van der Waals surface area contributed by atoms with Gasteiger partial charge < -0.3 is 9.80 Å². The van der Waals surface area contributed by atoms with Crippen LogP contribution < -0.4 is 4.90 Å². The molecule has 0 radical (unpaired) electrons. The molecule has 2 fully saturated rings. The average Bonchev–Trinajstić information content (AvgIpc) is 2.78. The molecule has 5 heteroatoms. The van der Waals surface area contributed by atoms with Crippen molar-refractivity contribution < 1.29 is 4.79 Å². The molecule has 0 aromatic heterocycles. The van der Waals surface area contributed by atoms with Crippen molar-refractivity contribution in [2.75, 3.05) is 51.2 Å². The van der Waals surface area contributed by atoms with Gasteiger partial charge in [0.25, 0.3) is 0 Å². The van der Waals surface area contributed by atoms with E-state index in [0.29, 0.717) is 12.3 Å². The Morgan fingerprint density at radius 3 is 2.62 bits per heavy atom. The summed E-state index contributed by atoms with van der Waals surface area (Å²) < 4.78 is 0. The summed E-state index contributed by atoms with van der Waals surface area (Å²) in [5.41, 5.74) is 1.21. The van der Waals surface area contributed by atoms with Gasteiger partial charge in [-0.25, -0.2) is 0 Å². The quantitative estimate of drug-likeness (QED) is 0.854. The van der Waals surface area contributed by atoms with Crippen molar-refractivity contribution in [3.63, 3.8) is 0 Å². The lowest BCUT2D eigenvalue weighted by Gasteiger charge is -2.37. The predicted molar refractivity (Wildman–Crippen MR) is 85.8 cm³/mol. The van der Waals surface area contributed by atoms with E-state index in [1.165, 1.54) is 5.69 Å². The Kier molecular flexibility index (Phi) is 4.36. The first-order valence-corrected chi connectivity index (χ1v) is 7.96. The van der Waals surface area contributed by atoms with Gasteiger partial charge in [-0.2, -0.15) is 0 Å². The number of anilines is 1. The number of hydrogen-bond donors (Lipinski definition) is 0. The van der Waals surface area contributed by atoms with Crippen molar-refractivity contribution in [2.45, 2.75) is 6.42 Å². The normalized spacial score (nSPS) is 23.9. The second-order valence-corrected chi connectivity index (χ2v) is 6.55. The molecule has 2 saturated heterocycles. The van der Waals surface area contributed by atoms with Crippen LogP contribution in [0, 0.1) is 5.92 Å². The van der Waals surface area contributed by atoms with Gasteiger partial charge >= 0.3 is 0 Å². The van der Waals surface area contributed by atoms with Gasteiger partial charge in [-0.15, -0.1) is 0 Å². The molecule has 0 aliphatic carbocycles. The molecule has 0 N–H and O–H groups in total. The second kappa shape index (κ2) is 6.24. The third kappa shape index (κ3) is 3.50. The van der Waals surface area contributed by atoms with Gasteiger partial charge in [-0.05, 0) is 24.1 Å². The molecule has 4 nitrogen and oxygen atoms in total. The largest absolute Gasteiger partial charge is 0.369 e. The van der Waals surface area contributed by atoms with E-state index in [2.05, 4.69) is 15.9 Å². The summed E-state index contributed by atoms with van der Waals surface area (Å²) in [6.07, 6.45) is 0.713. The van der Waals surface area contributed by atoms with Gasteiger partial charge in [0.1, 0.15) is 0 Å². The minimum atomic E-state index is 0.289. The summed E-state index contributed by atoms with van der Waals surface area (Å²) in [6, 6.07) is 8.06. The Balaban J connectivity index is 1.50. The summed E-state index contributed by atoms with van der Waals surface area (Å²) in [5.74, 6) is 0.790. The van der Waals surface area contributed by atoms with Crippen LogP contribution in [0.2, 0.25) is 5.02 Å². The summed E-state index contributed by atoms with van der Waals surface area (Å²) >= 11 is 6.06. The van der Waals surface area contributed by atoms with Crippen molar-refractivity contribution in [3.05, 3.63) is 29.3 Å². The molecule has 1 amide bonds. The number of likely N-dealkylation sites (tertiary alicyclic amines) is 1. The molecule has 21 heavy (non-hydrogen) atoms. The number of amides is 1. The van der Waals surface area contributed by atoms with Crippen LogP contribution in [0.3, 0.4) is 0 Å². The van der Waals surface area contributed by atoms with Gasteiger partial charge in [0, 0.05) is 63.4 Å². The number of carbonyl (C=O) groups excluding carboxylic acids is 1. The number of carbonyl (C=O) groups is 1. The Morgan fingerprint density at radius 2 is 2.00 bits per heavy atom. The van der Waals surface area contributed by atoms with Crippen molar-refractivity contribution in [1.82, 2.24) is 9.80 Å². The molecule has 1 aromatic rings. The SMILES string of the molecule is CN1CC(CN2CCN(c3cccc(Cl)c3)CC2)CC1=O. The van der Waals surface area contributed by atoms with E-state index in [1.54, 1.807) is 0 Å². The zero-order valence-electron chi connectivity index (χ0n) is 12.5. The average molecular weight is 308 g/mol. The Bertz CT molecular complexity index is 514. The van der Waals surface area contributed by atoms with Crippen molar-refractivity contribution in [1.29, 1.82) is 0 Å². The van der Waals surface area contributed by atoms with Crippen molar-refractivity contribution in [2.24, 2.45) is 5.92 Å². The summed E-state index contributed by atoms with van der Waals surface area (Å²) in [4.78, 5) is 18.3. The maximum absolute atomic E-state index is 11.6. The number of rotatable bonds is 3. The fourth-order valence-corrected chi connectivity index (χ4v) is 3.49. The van der Waals surface area contributed by atoms with Crippen LogP contribution in [0.4, 0.5) is 5.69 Å². The molecule has 0 spiro atoms. The fraction of sp³-hybridized carbons (Fsp3) is 0.562. The van der Waals surface area contributed by atoms with E-state index in [-0.39, 0.29) is 5.91 Å². The first kappa shape index (κ1) is 14.7. The maximum Gasteiger partial charge on any atom is 0.222 e. The Hall–Kier alpha value is -1.26. The lowest BCUT2D eigenvalue weighted by Crippen LogP contribution is -2.48. The molecule has 114 valence electrons. The Morgan fingerprint density at radius 1 is 1.24 bits per heavy atom. The number of halogens is 1. The van der Waals surface area contributed by atoms with Gasteiger partial charge in [-0.1, -0.05) is 17.7 Å². The van der Waals surface area contributed by atoms with E-state index in [1.807, 2.05) is 30.1 Å². The van der Waals surface area contributed by atoms with E-state index in [9.17, 15) is 4.79 Å². The molecular weight excluding hydrogens is 286 g/mol. The zero-order valence-corrected chi connectivity index (χ0v) is 13.2. The van der Waals surface area contributed by atoms with Crippen LogP contribution in [-0.2, 0) is 4.79 Å². The van der Waals surface area contributed by atoms with E-state index < -0.39 is 0 Å². The van der Waals surface area contributed by atoms with Crippen LogP contribution in [0.15, 0.2) is 24.3 Å². The molecule has 2 heterocycles. The number of piperazine rings is 1. The highest BCUT2D eigenvalue weighted by Gasteiger charge is 2.29. The highest BCUT2D eigenvalue weighted by Crippen LogP contribution is 2.22. The first-order chi connectivity index (χ1) is 10.1. The highest BCUT2D eigenvalue weighted by atomic mass is 35.5. The molecule has 1 atom stereocenters. The van der Waals surface area contributed by atoms with Crippen molar-refractivity contribution in [3.8, 4) is 0 Å². The number of nitrogens with zero attached hydrogens (tertiary/aromatic N) is 3. The molecule has 3 rings (SSSR count). The molecule has 1 unspecified atom stereocenters. The summed E-state index contributed by atoms with van der Waals surface area (Å²) in [6.45, 7) is 6.11. The van der Waals surface area contributed by atoms with Gasteiger partial charge in [0.05, 0.1) is 0 Å². The predicted octanol–water partition coefficient (Wildman–Crippen LogP) is 1.94. The van der Waals surface area contributed by atoms with Crippen LogP contribution >= 0.6 is 11.6 Å². The van der Waals surface area contributed by atoms with Gasteiger partial charge in [-0.3, -0.25) is 9.69 Å². The minimum absolute atomic E-state index is 0.289. The lowest BCUT2D eigenvalue weighted by molar-refractivity contribution is -0.126.